The number of nitrogens with zero attached hydrogens (tertiary/aromatic N) is 1. The molecular formula is C9H21NO. The van der Waals surface area contributed by atoms with E-state index in [-0.39, 0.29) is 6.10 Å². The first-order valence-corrected chi connectivity index (χ1v) is 4.60. The van der Waals surface area contributed by atoms with E-state index in [1.165, 1.54) is 6.42 Å². The average Bonchev–Trinajstić information content (AvgIpc) is 2.39. The van der Waals surface area contributed by atoms with Gasteiger partial charge in [-0.3, -0.25) is 0 Å². The van der Waals surface area contributed by atoms with E-state index < -0.39 is 0 Å². The van der Waals surface area contributed by atoms with Gasteiger partial charge < -0.3 is 10.0 Å². The molecule has 0 aliphatic carbocycles. The summed E-state index contributed by atoms with van der Waals surface area (Å²) in [5.41, 5.74) is 0. The van der Waals surface area contributed by atoms with Crippen LogP contribution < -0.4 is 0 Å². The largest absolute Gasteiger partial charge is 0.392 e. The maximum absolute atomic E-state index is 9.18. The van der Waals surface area contributed by atoms with Crippen molar-refractivity contribution >= 4 is 0 Å². The zero-order chi connectivity index (χ0) is 8.85. The molecule has 1 rings (SSSR count). The van der Waals surface area contributed by atoms with E-state index >= 15 is 0 Å². The summed E-state index contributed by atoms with van der Waals surface area (Å²) < 4.78 is 0. The lowest BCUT2D eigenvalue weighted by molar-refractivity contribution is 0.101. The average molecular weight is 159 g/mol. The summed E-state index contributed by atoms with van der Waals surface area (Å²) in [6.45, 7) is 7.02. The van der Waals surface area contributed by atoms with Crippen LogP contribution >= 0.6 is 0 Å². The third-order valence-electron chi connectivity index (χ3n) is 2.13. The van der Waals surface area contributed by atoms with Gasteiger partial charge in [0.25, 0.3) is 0 Å². The first-order chi connectivity index (χ1) is 5.22. The van der Waals surface area contributed by atoms with Crippen LogP contribution in [0.5, 0.6) is 0 Å². The van der Waals surface area contributed by atoms with Gasteiger partial charge in [0.15, 0.2) is 0 Å². The van der Waals surface area contributed by atoms with Gasteiger partial charge in [0.05, 0.1) is 6.10 Å². The number of likely N-dealkylation sites (tertiary alicyclic amines) is 1. The van der Waals surface area contributed by atoms with Crippen LogP contribution in [0.3, 0.4) is 0 Å². The molecule has 1 heterocycles. The highest BCUT2D eigenvalue weighted by molar-refractivity contribution is 4.79. The van der Waals surface area contributed by atoms with Crippen LogP contribution in [0.25, 0.3) is 0 Å². The Morgan fingerprint density at radius 3 is 2.18 bits per heavy atom. The van der Waals surface area contributed by atoms with Gasteiger partial charge in [0.2, 0.25) is 0 Å². The van der Waals surface area contributed by atoms with Crippen LogP contribution in [0.4, 0.5) is 0 Å². The predicted octanol–water partition coefficient (Wildman–Crippen LogP) is 1.49. The zero-order valence-electron chi connectivity index (χ0n) is 8.17. The number of likely N-dealkylation sites (N-methyl/N-ethyl adjacent to an activating group) is 1. The van der Waals surface area contributed by atoms with Crippen molar-refractivity contribution in [2.24, 2.45) is 0 Å². The van der Waals surface area contributed by atoms with Crippen LogP contribution in [0, 0.1) is 0 Å². The lowest BCUT2D eigenvalue weighted by Crippen LogP contribution is -2.34. The molecule has 1 fully saturated rings. The molecule has 0 spiro atoms. The fourth-order valence-corrected chi connectivity index (χ4v) is 1.55. The minimum atomic E-state index is -0.155. The van der Waals surface area contributed by atoms with Gasteiger partial charge in [-0.25, -0.2) is 0 Å². The quantitative estimate of drug-likeness (QED) is 0.626. The summed E-state index contributed by atoms with van der Waals surface area (Å²) in [6.07, 6.45) is 2.25. The summed E-state index contributed by atoms with van der Waals surface area (Å²) >= 11 is 0. The van der Waals surface area contributed by atoms with Gasteiger partial charge in [-0.1, -0.05) is 13.8 Å². The molecule has 2 nitrogen and oxygen atoms in total. The summed E-state index contributed by atoms with van der Waals surface area (Å²) in [5.74, 6) is 0. The molecular weight excluding hydrogens is 138 g/mol. The molecule has 0 unspecified atom stereocenters. The molecule has 0 saturated carbocycles. The monoisotopic (exact) mass is 159 g/mol. The number of aliphatic hydroxyl groups is 1. The Balaban J connectivity index is 0.000000461. The molecule has 2 heteroatoms. The zero-order valence-corrected chi connectivity index (χ0v) is 8.17. The fraction of sp³-hybridized carbons (Fsp3) is 1.00. The van der Waals surface area contributed by atoms with Gasteiger partial charge in [-0.2, -0.15) is 0 Å². The normalized spacial score (nSPS) is 27.5. The fourth-order valence-electron chi connectivity index (χ4n) is 1.55. The van der Waals surface area contributed by atoms with Crippen molar-refractivity contribution in [3.05, 3.63) is 0 Å². The Bertz CT molecular complexity index is 93.6. The summed E-state index contributed by atoms with van der Waals surface area (Å²) in [4.78, 5) is 2.23. The SMILES string of the molecule is CC.C[C@H](O)[C@@H]1CCCN1C. The first-order valence-electron chi connectivity index (χ1n) is 4.60. The van der Waals surface area contributed by atoms with Crippen molar-refractivity contribution in [1.82, 2.24) is 4.90 Å². The Hall–Kier alpha value is -0.0800. The van der Waals surface area contributed by atoms with E-state index in [2.05, 4.69) is 11.9 Å². The first kappa shape index (κ1) is 10.9. The molecule has 68 valence electrons. The Morgan fingerprint density at radius 2 is 2.00 bits per heavy atom. The molecule has 0 aromatic rings. The van der Waals surface area contributed by atoms with Gasteiger partial charge in [-0.05, 0) is 33.4 Å². The lowest BCUT2D eigenvalue weighted by Gasteiger charge is -2.21. The number of hydrogen-bond donors (Lipinski definition) is 1. The minimum Gasteiger partial charge on any atom is -0.392 e. The molecule has 0 radical (unpaired) electrons. The molecule has 2 atom stereocenters. The van der Waals surface area contributed by atoms with Crippen LogP contribution in [0.1, 0.15) is 33.6 Å². The van der Waals surface area contributed by atoms with Crippen LogP contribution in [0.2, 0.25) is 0 Å². The molecule has 0 bridgehead atoms. The molecule has 0 aromatic heterocycles. The second-order valence-corrected chi connectivity index (χ2v) is 2.93. The maximum atomic E-state index is 9.18. The standard InChI is InChI=1S/C7H15NO.C2H6/c1-6(9)7-4-3-5-8(7)2;1-2/h6-7,9H,3-5H2,1-2H3;1-2H3/t6-,7-;/m0./s1. The molecule has 1 aliphatic rings. The molecule has 11 heavy (non-hydrogen) atoms. The molecule has 1 N–H and O–H groups in total. The lowest BCUT2D eigenvalue weighted by atomic mass is 10.1. The van der Waals surface area contributed by atoms with Crippen molar-refractivity contribution in [1.29, 1.82) is 0 Å². The van der Waals surface area contributed by atoms with Crippen molar-refractivity contribution in [2.45, 2.75) is 45.8 Å². The van der Waals surface area contributed by atoms with E-state index in [0.29, 0.717) is 6.04 Å². The second-order valence-electron chi connectivity index (χ2n) is 2.93. The van der Waals surface area contributed by atoms with E-state index in [1.54, 1.807) is 0 Å². The predicted molar refractivity (Wildman–Crippen MR) is 48.7 cm³/mol. The number of aliphatic hydroxyl groups excluding tert-OH is 1. The van der Waals surface area contributed by atoms with E-state index in [4.69, 9.17) is 0 Å². The number of rotatable bonds is 1. The molecule has 0 amide bonds. The third-order valence-corrected chi connectivity index (χ3v) is 2.13. The van der Waals surface area contributed by atoms with Crippen LogP contribution in [0.15, 0.2) is 0 Å². The van der Waals surface area contributed by atoms with E-state index in [9.17, 15) is 5.11 Å². The van der Waals surface area contributed by atoms with Gasteiger partial charge in [-0.15, -0.1) is 0 Å². The van der Waals surface area contributed by atoms with Gasteiger partial charge >= 0.3 is 0 Å². The Kier molecular flexibility index (Phi) is 5.51. The molecule has 1 saturated heterocycles. The van der Waals surface area contributed by atoms with Crippen LogP contribution in [-0.2, 0) is 0 Å². The topological polar surface area (TPSA) is 23.5 Å². The van der Waals surface area contributed by atoms with E-state index in [0.717, 1.165) is 13.0 Å². The smallest absolute Gasteiger partial charge is 0.0667 e. The highest BCUT2D eigenvalue weighted by Gasteiger charge is 2.24. The van der Waals surface area contributed by atoms with E-state index in [1.807, 2.05) is 20.8 Å². The highest BCUT2D eigenvalue weighted by Crippen LogP contribution is 2.17. The Labute approximate surface area is 70.2 Å². The minimum absolute atomic E-state index is 0.155. The second kappa shape index (κ2) is 5.56. The summed E-state index contributed by atoms with van der Waals surface area (Å²) in [6, 6.07) is 0.421. The maximum Gasteiger partial charge on any atom is 0.0667 e. The number of hydrogen-bond acceptors (Lipinski definition) is 2. The molecule has 1 aliphatic heterocycles. The van der Waals surface area contributed by atoms with Crippen LogP contribution in [-0.4, -0.2) is 35.7 Å². The van der Waals surface area contributed by atoms with Crippen molar-refractivity contribution in [3.8, 4) is 0 Å². The van der Waals surface area contributed by atoms with Crippen molar-refractivity contribution in [3.63, 3.8) is 0 Å². The summed E-state index contributed by atoms with van der Waals surface area (Å²) in [7, 11) is 2.07. The third kappa shape index (κ3) is 3.21. The van der Waals surface area contributed by atoms with Gasteiger partial charge in [0, 0.05) is 6.04 Å². The highest BCUT2D eigenvalue weighted by atomic mass is 16.3. The van der Waals surface area contributed by atoms with Gasteiger partial charge in [0.1, 0.15) is 0 Å². The molecule has 0 aromatic carbocycles. The Morgan fingerprint density at radius 1 is 1.45 bits per heavy atom. The van der Waals surface area contributed by atoms with Crippen molar-refractivity contribution in [2.75, 3.05) is 13.6 Å². The van der Waals surface area contributed by atoms with Crippen molar-refractivity contribution < 1.29 is 5.11 Å². The summed E-state index contributed by atoms with van der Waals surface area (Å²) in [5, 5.41) is 9.18.